The van der Waals surface area contributed by atoms with Crippen molar-refractivity contribution in [3.05, 3.63) is 52.2 Å². The van der Waals surface area contributed by atoms with Crippen LogP contribution in [0, 0.1) is 0 Å². The van der Waals surface area contributed by atoms with E-state index in [2.05, 4.69) is 23.1 Å². The van der Waals surface area contributed by atoms with Crippen LogP contribution in [-0.2, 0) is 4.79 Å². The van der Waals surface area contributed by atoms with Crippen molar-refractivity contribution in [2.24, 2.45) is 0 Å². The lowest BCUT2D eigenvalue weighted by atomic mass is 10.2. The Bertz CT molecular complexity index is 729. The van der Waals surface area contributed by atoms with Crippen molar-refractivity contribution in [2.45, 2.75) is 19.8 Å². The molecule has 0 saturated heterocycles. The molecular weight excluding hydrogens is 354 g/mol. The number of hydrogen-bond donors (Lipinski definition) is 3. The Labute approximate surface area is 155 Å². The van der Waals surface area contributed by atoms with E-state index in [4.69, 9.17) is 4.74 Å². The van der Waals surface area contributed by atoms with Crippen molar-refractivity contribution in [3.8, 4) is 5.75 Å². The van der Waals surface area contributed by atoms with E-state index in [0.717, 1.165) is 12.8 Å². The highest BCUT2D eigenvalue weighted by Gasteiger charge is 2.10. The predicted molar refractivity (Wildman–Crippen MR) is 99.1 cm³/mol. The molecule has 0 aliphatic rings. The van der Waals surface area contributed by atoms with Gasteiger partial charge in [0.1, 0.15) is 5.75 Å². The highest BCUT2D eigenvalue weighted by Crippen LogP contribution is 2.12. The molecule has 0 aliphatic carbocycles. The molecule has 26 heavy (non-hydrogen) atoms. The quantitative estimate of drug-likeness (QED) is 0.486. The second kappa shape index (κ2) is 10.2. The summed E-state index contributed by atoms with van der Waals surface area (Å²) in [7, 11) is 0. The van der Waals surface area contributed by atoms with Crippen LogP contribution < -0.4 is 20.9 Å². The maximum atomic E-state index is 12.0. The van der Waals surface area contributed by atoms with Gasteiger partial charge in [-0.3, -0.25) is 25.2 Å². The zero-order valence-electron chi connectivity index (χ0n) is 14.4. The van der Waals surface area contributed by atoms with E-state index in [1.165, 1.54) is 11.3 Å². The summed E-state index contributed by atoms with van der Waals surface area (Å²) in [4.78, 5) is 35.9. The monoisotopic (exact) mass is 375 g/mol. The maximum absolute atomic E-state index is 12.0. The molecule has 2 aromatic rings. The van der Waals surface area contributed by atoms with Gasteiger partial charge in [-0.25, -0.2) is 0 Å². The minimum atomic E-state index is -0.525. The SMILES string of the molecule is CCCCOc1ccc(C(=O)NNC(=O)CNC(=O)c2cccs2)cc1. The summed E-state index contributed by atoms with van der Waals surface area (Å²) in [6.45, 7) is 2.48. The number of nitrogens with one attached hydrogen (secondary N) is 3. The second-order valence-corrected chi connectivity index (χ2v) is 6.34. The summed E-state index contributed by atoms with van der Waals surface area (Å²) in [5.74, 6) is -0.624. The van der Waals surface area contributed by atoms with Crippen LogP contribution in [-0.4, -0.2) is 30.9 Å². The molecule has 3 N–H and O–H groups in total. The number of thiophene rings is 1. The van der Waals surface area contributed by atoms with E-state index < -0.39 is 11.8 Å². The van der Waals surface area contributed by atoms with Crippen LogP contribution in [0.3, 0.4) is 0 Å². The molecule has 1 heterocycles. The molecule has 138 valence electrons. The maximum Gasteiger partial charge on any atom is 0.269 e. The molecule has 0 bridgehead atoms. The largest absolute Gasteiger partial charge is 0.494 e. The Kier molecular flexibility index (Phi) is 7.63. The Morgan fingerprint density at radius 1 is 1.04 bits per heavy atom. The van der Waals surface area contributed by atoms with Gasteiger partial charge < -0.3 is 10.1 Å². The van der Waals surface area contributed by atoms with Gasteiger partial charge in [0.25, 0.3) is 17.7 Å². The van der Waals surface area contributed by atoms with Crippen LogP contribution >= 0.6 is 11.3 Å². The predicted octanol–water partition coefficient (Wildman–Crippen LogP) is 2.12. The number of amides is 3. The van der Waals surface area contributed by atoms with Crippen molar-refractivity contribution in [3.63, 3.8) is 0 Å². The summed E-state index contributed by atoms with van der Waals surface area (Å²) < 4.78 is 5.52. The first-order valence-corrected chi connectivity index (χ1v) is 9.12. The first-order chi connectivity index (χ1) is 12.6. The van der Waals surface area contributed by atoms with E-state index in [9.17, 15) is 14.4 Å². The van der Waals surface area contributed by atoms with Crippen molar-refractivity contribution in [1.82, 2.24) is 16.2 Å². The van der Waals surface area contributed by atoms with E-state index in [0.29, 0.717) is 22.8 Å². The zero-order valence-corrected chi connectivity index (χ0v) is 15.2. The molecule has 7 nitrogen and oxygen atoms in total. The fourth-order valence-corrected chi connectivity index (χ4v) is 2.58. The Morgan fingerprint density at radius 2 is 1.81 bits per heavy atom. The molecule has 1 aromatic heterocycles. The van der Waals surface area contributed by atoms with Gasteiger partial charge in [0.2, 0.25) is 0 Å². The summed E-state index contributed by atoms with van der Waals surface area (Å²) >= 11 is 1.28. The van der Waals surface area contributed by atoms with Gasteiger partial charge in [-0.05, 0) is 42.1 Å². The second-order valence-electron chi connectivity index (χ2n) is 5.39. The van der Waals surface area contributed by atoms with E-state index in [1.807, 2.05) is 0 Å². The first kappa shape index (κ1) is 19.5. The highest BCUT2D eigenvalue weighted by atomic mass is 32.1. The van der Waals surface area contributed by atoms with Crippen molar-refractivity contribution in [1.29, 1.82) is 0 Å². The van der Waals surface area contributed by atoms with Gasteiger partial charge in [0.05, 0.1) is 18.0 Å². The number of benzene rings is 1. The number of carbonyl (C=O) groups is 3. The lowest BCUT2D eigenvalue weighted by Crippen LogP contribution is -2.46. The molecule has 8 heteroatoms. The van der Waals surface area contributed by atoms with Crippen molar-refractivity contribution in [2.75, 3.05) is 13.2 Å². The topological polar surface area (TPSA) is 96.5 Å². The normalized spacial score (nSPS) is 10.0. The Morgan fingerprint density at radius 3 is 2.46 bits per heavy atom. The molecule has 0 aliphatic heterocycles. The van der Waals surface area contributed by atoms with Gasteiger partial charge >= 0.3 is 0 Å². The molecule has 0 saturated carbocycles. The molecule has 0 spiro atoms. The van der Waals surface area contributed by atoms with E-state index in [-0.39, 0.29) is 12.5 Å². The van der Waals surface area contributed by atoms with Gasteiger partial charge in [-0.1, -0.05) is 19.4 Å². The minimum Gasteiger partial charge on any atom is -0.494 e. The average Bonchev–Trinajstić information content (AvgIpc) is 3.20. The van der Waals surface area contributed by atoms with Gasteiger partial charge in [-0.2, -0.15) is 0 Å². The van der Waals surface area contributed by atoms with Gasteiger partial charge in [-0.15, -0.1) is 11.3 Å². The molecular formula is C18H21N3O4S. The molecule has 2 rings (SSSR count). The van der Waals surface area contributed by atoms with Crippen LogP contribution in [0.5, 0.6) is 5.75 Å². The molecule has 3 amide bonds. The number of ether oxygens (including phenoxy) is 1. The number of hydrazine groups is 1. The summed E-state index contributed by atoms with van der Waals surface area (Å²) in [5.41, 5.74) is 4.94. The Hall–Kier alpha value is -2.87. The lowest BCUT2D eigenvalue weighted by molar-refractivity contribution is -0.120. The third-order valence-electron chi connectivity index (χ3n) is 3.35. The first-order valence-electron chi connectivity index (χ1n) is 8.24. The standard InChI is InChI=1S/C18H21N3O4S/c1-2-3-10-25-14-8-6-13(7-9-14)17(23)21-20-16(22)12-19-18(24)15-5-4-11-26-15/h4-9,11H,2-3,10,12H2,1H3,(H,19,24)(H,20,22)(H,21,23). The molecule has 0 radical (unpaired) electrons. The molecule has 0 fully saturated rings. The third kappa shape index (κ3) is 6.21. The van der Waals surface area contributed by atoms with Gasteiger partial charge in [0.15, 0.2) is 0 Å². The number of carbonyl (C=O) groups excluding carboxylic acids is 3. The summed E-state index contributed by atoms with van der Waals surface area (Å²) in [6.07, 6.45) is 2.02. The summed E-state index contributed by atoms with van der Waals surface area (Å²) in [6, 6.07) is 10.0. The van der Waals surface area contributed by atoms with Crippen LogP contribution in [0.25, 0.3) is 0 Å². The van der Waals surface area contributed by atoms with Crippen molar-refractivity contribution < 1.29 is 19.1 Å². The van der Waals surface area contributed by atoms with E-state index in [1.54, 1.807) is 41.8 Å². The fraction of sp³-hybridized carbons (Fsp3) is 0.278. The highest BCUT2D eigenvalue weighted by molar-refractivity contribution is 7.12. The van der Waals surface area contributed by atoms with Crippen molar-refractivity contribution >= 4 is 29.1 Å². The van der Waals surface area contributed by atoms with Crippen LogP contribution in [0.1, 0.15) is 39.8 Å². The van der Waals surface area contributed by atoms with Crippen LogP contribution in [0.4, 0.5) is 0 Å². The lowest BCUT2D eigenvalue weighted by Gasteiger charge is -2.09. The van der Waals surface area contributed by atoms with Crippen LogP contribution in [0.15, 0.2) is 41.8 Å². The zero-order chi connectivity index (χ0) is 18.8. The number of hydrogen-bond acceptors (Lipinski definition) is 5. The van der Waals surface area contributed by atoms with E-state index >= 15 is 0 Å². The Balaban J connectivity index is 1.71. The molecule has 0 unspecified atom stereocenters. The van der Waals surface area contributed by atoms with Crippen LogP contribution in [0.2, 0.25) is 0 Å². The summed E-state index contributed by atoms with van der Waals surface area (Å²) in [5, 5.41) is 4.24. The third-order valence-corrected chi connectivity index (χ3v) is 4.22. The fourth-order valence-electron chi connectivity index (χ4n) is 1.94. The van der Waals surface area contributed by atoms with Gasteiger partial charge in [0, 0.05) is 5.56 Å². The smallest absolute Gasteiger partial charge is 0.269 e. The minimum absolute atomic E-state index is 0.235. The average molecular weight is 375 g/mol. The molecule has 1 aromatic carbocycles. The number of rotatable bonds is 8. The number of unbranched alkanes of at least 4 members (excludes halogenated alkanes) is 1. The molecule has 0 atom stereocenters.